The Bertz CT molecular complexity index is 1160. The summed E-state index contributed by atoms with van der Waals surface area (Å²) in [6.45, 7) is 0.939. The van der Waals surface area contributed by atoms with E-state index in [1.807, 2.05) is 0 Å². The number of carbonyl (C=O) groups is 3. The molecule has 12 heteroatoms. The van der Waals surface area contributed by atoms with Gasteiger partial charge in [-0.25, -0.2) is 13.3 Å². The molecule has 2 aromatic rings. The molecule has 34 heavy (non-hydrogen) atoms. The second-order valence-corrected chi connectivity index (χ2v) is 10.1. The van der Waals surface area contributed by atoms with E-state index in [-0.39, 0.29) is 29.3 Å². The Kier molecular flexibility index (Phi) is 8.21. The summed E-state index contributed by atoms with van der Waals surface area (Å²) in [5.74, 6) is -1.55. The van der Waals surface area contributed by atoms with Gasteiger partial charge in [-0.1, -0.05) is 15.9 Å². The number of methoxy groups -OCH3 is 2. The second kappa shape index (κ2) is 10.7. The monoisotopic (exact) mass is 554 g/mol. The van der Waals surface area contributed by atoms with Crippen molar-refractivity contribution >= 4 is 49.4 Å². The van der Waals surface area contributed by atoms with Gasteiger partial charge in [0.1, 0.15) is 11.8 Å². The number of ether oxygens (including phenoxy) is 3. The fourth-order valence-electron chi connectivity index (χ4n) is 3.47. The lowest BCUT2D eigenvalue weighted by Gasteiger charge is -2.29. The van der Waals surface area contributed by atoms with Crippen LogP contribution >= 0.6 is 15.9 Å². The number of nitrogens with zero attached hydrogens (tertiary/aromatic N) is 2. The first-order valence-electron chi connectivity index (χ1n) is 10.1. The summed E-state index contributed by atoms with van der Waals surface area (Å²) in [4.78, 5) is 38.1. The fourth-order valence-corrected chi connectivity index (χ4v) is 5.30. The van der Waals surface area contributed by atoms with E-state index in [2.05, 4.69) is 15.9 Å². The highest BCUT2D eigenvalue weighted by molar-refractivity contribution is 9.10. The lowest BCUT2D eigenvalue weighted by Crippen LogP contribution is -2.49. The normalized spacial score (nSPS) is 16.5. The topological polar surface area (TPSA) is 120 Å². The molecule has 1 aliphatic heterocycles. The number of carbonyl (C=O) groups excluding carboxylic acids is 3. The van der Waals surface area contributed by atoms with Gasteiger partial charge in [0, 0.05) is 25.6 Å². The third kappa shape index (κ3) is 5.53. The lowest BCUT2D eigenvalue weighted by atomic mass is 10.2. The third-order valence-corrected chi connectivity index (χ3v) is 7.52. The van der Waals surface area contributed by atoms with Gasteiger partial charge in [-0.3, -0.25) is 14.4 Å². The number of sulfonamides is 1. The van der Waals surface area contributed by atoms with E-state index in [0.717, 1.165) is 9.21 Å². The highest BCUT2D eigenvalue weighted by Gasteiger charge is 2.47. The van der Waals surface area contributed by atoms with Crippen LogP contribution in [0.5, 0.6) is 5.75 Å². The highest BCUT2D eigenvalue weighted by Crippen LogP contribution is 2.31. The molecule has 0 spiro atoms. The van der Waals surface area contributed by atoms with E-state index in [4.69, 9.17) is 14.2 Å². The van der Waals surface area contributed by atoms with Gasteiger partial charge in [0.15, 0.2) is 6.29 Å². The van der Waals surface area contributed by atoms with Gasteiger partial charge in [-0.05, 0) is 48.5 Å². The zero-order chi connectivity index (χ0) is 25.0. The van der Waals surface area contributed by atoms with Crippen LogP contribution in [0.3, 0.4) is 0 Å². The first-order chi connectivity index (χ1) is 16.1. The molecule has 1 atom stereocenters. The smallest absolute Gasteiger partial charge is 0.308 e. The number of hydrogen-bond donors (Lipinski definition) is 0. The SMILES string of the molecule is COC(CN(C1CC(=O)N(c2ccc(OC(C)=O)cc2)C1=O)S(=O)(=O)c1ccc(Br)cc1)OC. The van der Waals surface area contributed by atoms with Gasteiger partial charge in [0.25, 0.3) is 5.91 Å². The zero-order valence-electron chi connectivity index (χ0n) is 18.6. The quantitative estimate of drug-likeness (QED) is 0.200. The molecule has 0 radical (unpaired) electrons. The van der Waals surface area contributed by atoms with Crippen molar-refractivity contribution in [3.8, 4) is 5.75 Å². The summed E-state index contributed by atoms with van der Waals surface area (Å²) in [5.41, 5.74) is 0.226. The van der Waals surface area contributed by atoms with Crippen molar-refractivity contribution in [2.24, 2.45) is 0 Å². The van der Waals surface area contributed by atoms with Gasteiger partial charge in [0.05, 0.1) is 23.5 Å². The Morgan fingerprint density at radius 2 is 1.68 bits per heavy atom. The van der Waals surface area contributed by atoms with E-state index in [9.17, 15) is 22.8 Å². The van der Waals surface area contributed by atoms with E-state index < -0.39 is 40.1 Å². The zero-order valence-corrected chi connectivity index (χ0v) is 21.0. The molecule has 1 fully saturated rings. The van der Waals surface area contributed by atoms with Crippen LogP contribution in [-0.4, -0.2) is 63.6 Å². The third-order valence-electron chi connectivity index (χ3n) is 5.10. The second-order valence-electron chi connectivity index (χ2n) is 7.30. The average molecular weight is 555 g/mol. The number of anilines is 1. The van der Waals surface area contributed by atoms with Crippen LogP contribution in [-0.2, 0) is 33.9 Å². The molecule has 1 heterocycles. The minimum absolute atomic E-state index is 0.0499. The summed E-state index contributed by atoms with van der Waals surface area (Å²) in [7, 11) is -1.51. The van der Waals surface area contributed by atoms with E-state index in [0.29, 0.717) is 4.47 Å². The molecule has 2 aromatic carbocycles. The van der Waals surface area contributed by atoms with Gasteiger partial charge < -0.3 is 14.2 Å². The minimum Gasteiger partial charge on any atom is -0.427 e. The summed E-state index contributed by atoms with van der Waals surface area (Å²) < 4.78 is 43.9. The number of hydrogen-bond acceptors (Lipinski definition) is 8. The summed E-state index contributed by atoms with van der Waals surface area (Å²) in [5, 5.41) is 0. The Hall–Kier alpha value is -2.64. The number of imide groups is 1. The summed E-state index contributed by atoms with van der Waals surface area (Å²) in [6, 6.07) is 10.4. The number of esters is 1. The van der Waals surface area contributed by atoms with Crippen LogP contribution < -0.4 is 9.64 Å². The molecular weight excluding hydrogens is 532 g/mol. The molecule has 10 nitrogen and oxygen atoms in total. The molecule has 182 valence electrons. The molecule has 0 N–H and O–H groups in total. The molecular formula is C22H23BrN2O8S. The predicted octanol–water partition coefficient (Wildman–Crippen LogP) is 2.32. The van der Waals surface area contributed by atoms with Crippen molar-refractivity contribution in [3.63, 3.8) is 0 Å². The van der Waals surface area contributed by atoms with Crippen molar-refractivity contribution in [3.05, 3.63) is 53.0 Å². The maximum atomic E-state index is 13.5. The van der Waals surface area contributed by atoms with E-state index in [1.54, 1.807) is 12.1 Å². The fraction of sp³-hybridized carbons (Fsp3) is 0.318. The van der Waals surface area contributed by atoms with Crippen LogP contribution in [0, 0.1) is 0 Å². The summed E-state index contributed by atoms with van der Waals surface area (Å²) >= 11 is 3.27. The number of amides is 2. The van der Waals surface area contributed by atoms with Crippen LogP contribution in [0.1, 0.15) is 13.3 Å². The first-order valence-corrected chi connectivity index (χ1v) is 12.3. The van der Waals surface area contributed by atoms with Crippen molar-refractivity contribution in [2.45, 2.75) is 30.6 Å². The first kappa shape index (κ1) is 26.0. The van der Waals surface area contributed by atoms with Crippen LogP contribution in [0.25, 0.3) is 0 Å². The van der Waals surface area contributed by atoms with E-state index >= 15 is 0 Å². The Morgan fingerprint density at radius 3 is 2.21 bits per heavy atom. The molecule has 3 rings (SSSR count). The number of benzene rings is 2. The van der Waals surface area contributed by atoms with Crippen molar-refractivity contribution in [1.82, 2.24) is 4.31 Å². The maximum Gasteiger partial charge on any atom is 0.308 e. The number of halogens is 1. The maximum absolute atomic E-state index is 13.5. The van der Waals surface area contributed by atoms with Gasteiger partial charge in [0.2, 0.25) is 15.9 Å². The van der Waals surface area contributed by atoms with Gasteiger partial charge in [-0.2, -0.15) is 4.31 Å². The standard InChI is InChI=1S/C22H23BrN2O8S/c1-14(26)33-17-8-6-16(7-9-17)25-20(27)12-19(22(25)28)24(13-21(31-2)32-3)34(29,30)18-10-4-15(23)5-11-18/h4-11,19,21H,12-13H2,1-3H3. The number of rotatable bonds is 9. The minimum atomic E-state index is -4.20. The molecule has 2 amide bonds. The van der Waals surface area contributed by atoms with Crippen molar-refractivity contribution in [2.75, 3.05) is 25.7 Å². The van der Waals surface area contributed by atoms with Crippen molar-refractivity contribution < 1.29 is 37.0 Å². The molecule has 0 aromatic heterocycles. The Morgan fingerprint density at radius 1 is 1.09 bits per heavy atom. The average Bonchev–Trinajstić information content (AvgIpc) is 3.08. The highest BCUT2D eigenvalue weighted by atomic mass is 79.9. The molecule has 1 aliphatic rings. The Balaban J connectivity index is 1.96. The van der Waals surface area contributed by atoms with Gasteiger partial charge in [-0.15, -0.1) is 0 Å². The molecule has 1 unspecified atom stereocenters. The van der Waals surface area contributed by atoms with Gasteiger partial charge >= 0.3 is 5.97 Å². The summed E-state index contributed by atoms with van der Waals surface area (Å²) in [6.07, 6.45) is -1.33. The molecule has 0 saturated carbocycles. The van der Waals surface area contributed by atoms with Crippen LogP contribution in [0.15, 0.2) is 57.9 Å². The van der Waals surface area contributed by atoms with Crippen molar-refractivity contribution in [1.29, 1.82) is 0 Å². The Labute approximate surface area is 205 Å². The largest absolute Gasteiger partial charge is 0.427 e. The molecule has 0 aliphatic carbocycles. The predicted molar refractivity (Wildman–Crippen MR) is 124 cm³/mol. The van der Waals surface area contributed by atoms with E-state index in [1.165, 1.54) is 57.5 Å². The lowest BCUT2D eigenvalue weighted by molar-refractivity contribution is -0.132. The van der Waals surface area contributed by atoms with Crippen LogP contribution in [0.2, 0.25) is 0 Å². The molecule has 0 bridgehead atoms. The molecule has 1 saturated heterocycles. The van der Waals surface area contributed by atoms with Crippen LogP contribution in [0.4, 0.5) is 5.69 Å².